The number of ether oxygens (including phenoxy) is 2. The summed E-state index contributed by atoms with van der Waals surface area (Å²) in [6.45, 7) is 2.15. The molecule has 0 aromatic heterocycles. The van der Waals surface area contributed by atoms with Gasteiger partial charge in [0.25, 0.3) is 0 Å². The average molecular weight is 621 g/mol. The Morgan fingerprint density at radius 2 is 1.24 bits per heavy atom. The van der Waals surface area contributed by atoms with Crippen molar-refractivity contribution in [3.05, 3.63) is 24.3 Å². The van der Waals surface area contributed by atoms with E-state index in [1.54, 1.807) is 0 Å². The van der Waals surface area contributed by atoms with Gasteiger partial charge in [-0.05, 0) is 44.9 Å². The van der Waals surface area contributed by atoms with E-state index in [2.05, 4.69) is 42.7 Å². The first-order valence-electron chi connectivity index (χ1n) is 15.8. The normalized spacial score (nSPS) is 14.7. The second kappa shape index (κ2) is 28.2. The van der Waals surface area contributed by atoms with Crippen molar-refractivity contribution in [3.63, 3.8) is 0 Å². The maximum atomic E-state index is 12.4. The summed E-state index contributed by atoms with van der Waals surface area (Å²) < 4.78 is 32.1. The van der Waals surface area contributed by atoms with Crippen LogP contribution in [0.25, 0.3) is 0 Å². The number of hydrogen-bond acceptors (Lipinski definition) is 9. The fraction of sp³-hybridized carbons (Fsp3) is 0.806. The molecule has 0 spiro atoms. The number of aliphatic hydroxyl groups excluding tert-OH is 2. The van der Waals surface area contributed by atoms with Crippen LogP contribution in [0.3, 0.4) is 0 Å². The number of allylic oxidation sites excluding steroid dienone is 4. The number of rotatable bonds is 29. The second-order valence-electron chi connectivity index (χ2n) is 10.5. The molecule has 0 saturated heterocycles. The summed E-state index contributed by atoms with van der Waals surface area (Å²) in [5.74, 6) is -0.965. The van der Waals surface area contributed by atoms with E-state index in [1.807, 2.05) is 0 Å². The molecule has 3 atom stereocenters. The summed E-state index contributed by atoms with van der Waals surface area (Å²) in [5.41, 5.74) is 0. The van der Waals surface area contributed by atoms with E-state index in [0.717, 1.165) is 64.2 Å². The molecule has 246 valence electrons. The molecule has 3 unspecified atom stereocenters. The SMILES string of the molecule is CCCCC/C=C\C/C=C\CCCCCCCC(=O)OC(COC(=O)CCCCCC)COP(=O)(O)OCC(O)CO. The molecular formula is C31H57O10P. The summed E-state index contributed by atoms with van der Waals surface area (Å²) in [6.07, 6.45) is 22.2. The molecule has 0 saturated carbocycles. The Labute approximate surface area is 253 Å². The lowest BCUT2D eigenvalue weighted by Crippen LogP contribution is -2.29. The fourth-order valence-corrected chi connectivity index (χ4v) is 4.63. The maximum absolute atomic E-state index is 12.4. The second-order valence-corrected chi connectivity index (χ2v) is 11.9. The van der Waals surface area contributed by atoms with E-state index in [9.17, 15) is 24.2 Å². The van der Waals surface area contributed by atoms with E-state index in [4.69, 9.17) is 19.1 Å². The molecule has 0 aromatic carbocycles. The maximum Gasteiger partial charge on any atom is 0.472 e. The molecule has 0 aliphatic rings. The van der Waals surface area contributed by atoms with Gasteiger partial charge < -0.3 is 24.6 Å². The zero-order chi connectivity index (χ0) is 31.3. The third-order valence-electron chi connectivity index (χ3n) is 6.36. The van der Waals surface area contributed by atoms with Crippen molar-refractivity contribution in [3.8, 4) is 0 Å². The number of unbranched alkanes of at least 4 members (excludes halogenated alkanes) is 11. The van der Waals surface area contributed by atoms with Crippen molar-refractivity contribution in [1.82, 2.24) is 0 Å². The number of hydrogen-bond donors (Lipinski definition) is 3. The Kier molecular flexibility index (Phi) is 27.2. The van der Waals surface area contributed by atoms with Gasteiger partial charge in [0, 0.05) is 12.8 Å². The van der Waals surface area contributed by atoms with Gasteiger partial charge in [-0.25, -0.2) is 4.57 Å². The standard InChI is InChI=1S/C31H57O10P/c1-3-5-7-9-10-11-12-13-14-15-16-17-18-19-21-23-31(35)41-29(26-38-30(34)22-20-8-6-4-2)27-40-42(36,37)39-25-28(33)24-32/h10-11,13-14,28-29,32-33H,3-9,12,15-27H2,1-2H3,(H,36,37)/b11-10-,14-13-. The first-order valence-corrected chi connectivity index (χ1v) is 17.3. The Morgan fingerprint density at radius 1 is 0.714 bits per heavy atom. The van der Waals surface area contributed by atoms with Crippen LogP contribution < -0.4 is 0 Å². The average Bonchev–Trinajstić information content (AvgIpc) is 2.97. The molecule has 0 aromatic rings. The van der Waals surface area contributed by atoms with Gasteiger partial charge >= 0.3 is 19.8 Å². The lowest BCUT2D eigenvalue weighted by Gasteiger charge is -2.20. The van der Waals surface area contributed by atoms with Gasteiger partial charge in [-0.2, -0.15) is 0 Å². The van der Waals surface area contributed by atoms with Crippen LogP contribution >= 0.6 is 7.82 Å². The van der Waals surface area contributed by atoms with E-state index in [0.29, 0.717) is 12.8 Å². The van der Waals surface area contributed by atoms with Gasteiger partial charge in [0.05, 0.1) is 19.8 Å². The first kappa shape index (κ1) is 40.5. The summed E-state index contributed by atoms with van der Waals surface area (Å²) in [4.78, 5) is 34.2. The summed E-state index contributed by atoms with van der Waals surface area (Å²) in [5, 5.41) is 18.1. The number of carbonyl (C=O) groups is 2. The summed E-state index contributed by atoms with van der Waals surface area (Å²) >= 11 is 0. The Balaban J connectivity index is 4.36. The zero-order valence-corrected chi connectivity index (χ0v) is 26.9. The summed E-state index contributed by atoms with van der Waals surface area (Å²) in [7, 11) is -4.59. The third kappa shape index (κ3) is 27.3. The zero-order valence-electron chi connectivity index (χ0n) is 26.0. The largest absolute Gasteiger partial charge is 0.472 e. The van der Waals surface area contributed by atoms with Gasteiger partial charge in [0.1, 0.15) is 12.7 Å². The van der Waals surface area contributed by atoms with E-state index >= 15 is 0 Å². The highest BCUT2D eigenvalue weighted by Crippen LogP contribution is 2.43. The molecule has 0 aliphatic heterocycles. The molecule has 0 aliphatic carbocycles. The minimum absolute atomic E-state index is 0.169. The molecule has 0 rings (SSSR count). The van der Waals surface area contributed by atoms with Crippen LogP contribution in [0, 0.1) is 0 Å². The van der Waals surface area contributed by atoms with Crippen LogP contribution in [-0.4, -0.2) is 65.7 Å². The molecule has 11 heteroatoms. The topological polar surface area (TPSA) is 149 Å². The van der Waals surface area contributed by atoms with Crippen LogP contribution in [0.4, 0.5) is 0 Å². The highest BCUT2D eigenvalue weighted by Gasteiger charge is 2.27. The molecule has 0 radical (unpaired) electrons. The molecule has 0 fully saturated rings. The number of aliphatic hydroxyl groups is 2. The Hall–Kier alpha value is -1.55. The van der Waals surface area contributed by atoms with Gasteiger partial charge in [-0.1, -0.05) is 89.5 Å². The fourth-order valence-electron chi connectivity index (χ4n) is 3.84. The van der Waals surface area contributed by atoms with Crippen LogP contribution in [0.15, 0.2) is 24.3 Å². The van der Waals surface area contributed by atoms with Crippen molar-refractivity contribution in [2.45, 2.75) is 135 Å². The molecule has 0 bridgehead atoms. The highest BCUT2D eigenvalue weighted by atomic mass is 31.2. The van der Waals surface area contributed by atoms with Crippen molar-refractivity contribution < 1.29 is 47.8 Å². The number of esters is 2. The predicted molar refractivity (Wildman–Crippen MR) is 164 cm³/mol. The molecule has 3 N–H and O–H groups in total. The van der Waals surface area contributed by atoms with Crippen molar-refractivity contribution >= 4 is 19.8 Å². The van der Waals surface area contributed by atoms with Crippen LogP contribution in [0.1, 0.15) is 123 Å². The Bertz CT molecular complexity index is 771. The minimum Gasteiger partial charge on any atom is -0.462 e. The van der Waals surface area contributed by atoms with E-state index < -0.39 is 51.8 Å². The van der Waals surface area contributed by atoms with Crippen molar-refractivity contribution in [1.29, 1.82) is 0 Å². The van der Waals surface area contributed by atoms with Gasteiger partial charge in [0.15, 0.2) is 6.10 Å². The van der Waals surface area contributed by atoms with Crippen molar-refractivity contribution in [2.75, 3.05) is 26.4 Å². The van der Waals surface area contributed by atoms with Crippen LogP contribution in [0.2, 0.25) is 0 Å². The smallest absolute Gasteiger partial charge is 0.462 e. The number of phosphoric acid groups is 1. The molecular weight excluding hydrogens is 563 g/mol. The first-order chi connectivity index (χ1) is 20.2. The molecule has 0 amide bonds. The lowest BCUT2D eigenvalue weighted by molar-refractivity contribution is -0.161. The predicted octanol–water partition coefficient (Wildman–Crippen LogP) is 6.71. The van der Waals surface area contributed by atoms with Crippen molar-refractivity contribution in [2.24, 2.45) is 0 Å². The highest BCUT2D eigenvalue weighted by molar-refractivity contribution is 7.47. The monoisotopic (exact) mass is 620 g/mol. The molecule has 42 heavy (non-hydrogen) atoms. The van der Waals surface area contributed by atoms with Crippen LogP contribution in [-0.2, 0) is 32.7 Å². The third-order valence-corrected chi connectivity index (χ3v) is 7.31. The number of phosphoric ester groups is 1. The van der Waals surface area contributed by atoms with Gasteiger partial charge in [-0.15, -0.1) is 0 Å². The minimum atomic E-state index is -4.59. The lowest BCUT2D eigenvalue weighted by atomic mass is 10.1. The summed E-state index contributed by atoms with van der Waals surface area (Å²) in [6, 6.07) is 0. The number of carbonyl (C=O) groups excluding carboxylic acids is 2. The van der Waals surface area contributed by atoms with Gasteiger partial charge in [-0.3, -0.25) is 18.6 Å². The van der Waals surface area contributed by atoms with Gasteiger partial charge in [0.2, 0.25) is 0 Å². The quantitative estimate of drug-likeness (QED) is 0.0356. The Morgan fingerprint density at radius 3 is 1.88 bits per heavy atom. The molecule has 10 nitrogen and oxygen atoms in total. The van der Waals surface area contributed by atoms with E-state index in [-0.39, 0.29) is 19.4 Å². The van der Waals surface area contributed by atoms with E-state index in [1.165, 1.54) is 19.3 Å². The molecule has 0 heterocycles. The van der Waals surface area contributed by atoms with Crippen LogP contribution in [0.5, 0.6) is 0 Å².